The molecule has 0 amide bonds. The zero-order valence-corrected chi connectivity index (χ0v) is 10.2. The number of aromatic nitrogens is 1. The minimum atomic E-state index is -3.45. The van der Waals surface area contributed by atoms with Crippen molar-refractivity contribution < 1.29 is 8.42 Å². The molecule has 4 nitrogen and oxygen atoms in total. The normalized spacial score (nSPS) is 11.6. The second-order valence-electron chi connectivity index (χ2n) is 2.83. The van der Waals surface area contributed by atoms with Crippen LogP contribution in [-0.4, -0.2) is 30.8 Å². The summed E-state index contributed by atoms with van der Waals surface area (Å²) in [6.45, 7) is 3.98. The molecule has 15 heavy (non-hydrogen) atoms. The average molecular weight is 244 g/mol. The maximum atomic E-state index is 12.0. The summed E-state index contributed by atoms with van der Waals surface area (Å²) in [6.07, 6.45) is 6.49. The van der Waals surface area contributed by atoms with Gasteiger partial charge in [0.1, 0.15) is 0 Å². The quantitative estimate of drug-likeness (QED) is 0.745. The summed E-state index contributed by atoms with van der Waals surface area (Å²) in [4.78, 5) is 3.92. The first-order chi connectivity index (χ1) is 7.02. The topological polar surface area (TPSA) is 50.3 Å². The van der Waals surface area contributed by atoms with Crippen molar-refractivity contribution in [3.63, 3.8) is 0 Å². The molecule has 0 saturated carbocycles. The van der Waals surface area contributed by atoms with Crippen molar-refractivity contribution in [2.75, 3.05) is 13.1 Å². The van der Waals surface area contributed by atoms with Crippen LogP contribution in [0.5, 0.6) is 0 Å². The first kappa shape index (κ1) is 12.2. The Labute approximate surface area is 94.0 Å². The van der Waals surface area contributed by atoms with Gasteiger partial charge in [0.05, 0.1) is 17.7 Å². The largest absolute Gasteiger partial charge is 0.255 e. The van der Waals surface area contributed by atoms with Crippen LogP contribution in [0.3, 0.4) is 0 Å². The number of nitrogens with zero attached hydrogens (tertiary/aromatic N) is 2. The van der Waals surface area contributed by atoms with Gasteiger partial charge in [-0.25, -0.2) is 13.4 Å². The van der Waals surface area contributed by atoms with Crippen LogP contribution in [0.1, 0.15) is 11.9 Å². The fourth-order valence-corrected chi connectivity index (χ4v) is 3.68. The van der Waals surface area contributed by atoms with Crippen molar-refractivity contribution in [3.8, 4) is 12.3 Å². The van der Waals surface area contributed by atoms with E-state index in [2.05, 4.69) is 10.9 Å². The van der Waals surface area contributed by atoms with E-state index in [4.69, 9.17) is 6.42 Å². The molecule has 0 bridgehead atoms. The Morgan fingerprint density at radius 1 is 1.67 bits per heavy atom. The molecule has 1 aromatic heterocycles. The molecule has 0 aliphatic carbocycles. The van der Waals surface area contributed by atoms with Crippen molar-refractivity contribution in [2.45, 2.75) is 18.1 Å². The van der Waals surface area contributed by atoms with Gasteiger partial charge < -0.3 is 0 Å². The number of terminal acetylenes is 1. The van der Waals surface area contributed by atoms with Gasteiger partial charge in [-0.3, -0.25) is 0 Å². The first-order valence-corrected chi connectivity index (χ1v) is 6.64. The number of sulfonamides is 1. The average Bonchev–Trinajstić information content (AvgIpc) is 2.61. The highest BCUT2D eigenvalue weighted by Crippen LogP contribution is 2.21. The van der Waals surface area contributed by atoms with Crippen LogP contribution < -0.4 is 0 Å². The number of hydrogen-bond donors (Lipinski definition) is 0. The summed E-state index contributed by atoms with van der Waals surface area (Å²) in [6, 6.07) is 0. The van der Waals surface area contributed by atoms with E-state index in [1.807, 2.05) is 0 Å². The molecule has 0 aliphatic heterocycles. The number of aryl methyl sites for hydroxylation is 1. The van der Waals surface area contributed by atoms with Gasteiger partial charge in [0.15, 0.2) is 4.21 Å². The zero-order chi connectivity index (χ0) is 11.5. The lowest BCUT2D eigenvalue weighted by molar-refractivity contribution is 0.465. The van der Waals surface area contributed by atoms with Gasteiger partial charge >= 0.3 is 0 Å². The van der Waals surface area contributed by atoms with Crippen molar-refractivity contribution >= 4 is 21.4 Å². The predicted octanol–water partition coefficient (Wildman–Crippen LogP) is 1.10. The van der Waals surface area contributed by atoms with Crippen LogP contribution in [0.2, 0.25) is 0 Å². The van der Waals surface area contributed by atoms with Gasteiger partial charge in [0.25, 0.3) is 10.0 Å². The van der Waals surface area contributed by atoms with E-state index < -0.39 is 10.0 Å². The monoisotopic (exact) mass is 244 g/mol. The van der Waals surface area contributed by atoms with E-state index >= 15 is 0 Å². The standard InChI is InChI=1S/C9H12N2O2S2/c1-4-6-11(5-2)15(12,13)9-7-10-8(3)14-9/h1,7H,5-6H2,2-3H3. The number of rotatable bonds is 4. The van der Waals surface area contributed by atoms with E-state index in [0.29, 0.717) is 6.54 Å². The second kappa shape index (κ2) is 4.75. The van der Waals surface area contributed by atoms with Crippen molar-refractivity contribution in [1.82, 2.24) is 9.29 Å². The molecule has 0 aliphatic rings. The maximum absolute atomic E-state index is 12.0. The lowest BCUT2D eigenvalue weighted by atomic mass is 10.6. The minimum absolute atomic E-state index is 0.0930. The van der Waals surface area contributed by atoms with E-state index in [1.165, 1.54) is 10.5 Å². The summed E-state index contributed by atoms with van der Waals surface area (Å²) in [5.74, 6) is 2.33. The van der Waals surface area contributed by atoms with Gasteiger partial charge in [-0.2, -0.15) is 4.31 Å². The summed E-state index contributed by atoms with van der Waals surface area (Å²) in [7, 11) is -3.45. The van der Waals surface area contributed by atoms with Crippen LogP contribution in [0.15, 0.2) is 10.4 Å². The molecule has 1 heterocycles. The van der Waals surface area contributed by atoms with Crippen LogP contribution >= 0.6 is 11.3 Å². The molecule has 1 rings (SSSR count). The molecule has 0 fully saturated rings. The van der Waals surface area contributed by atoms with Gasteiger partial charge in [-0.1, -0.05) is 12.8 Å². The molecule has 0 spiro atoms. The first-order valence-electron chi connectivity index (χ1n) is 4.38. The van der Waals surface area contributed by atoms with Gasteiger partial charge in [-0.05, 0) is 6.92 Å². The van der Waals surface area contributed by atoms with E-state index in [-0.39, 0.29) is 10.8 Å². The fraction of sp³-hybridized carbons (Fsp3) is 0.444. The third-order valence-electron chi connectivity index (χ3n) is 1.81. The van der Waals surface area contributed by atoms with E-state index in [9.17, 15) is 8.42 Å². The molecular formula is C9H12N2O2S2. The Kier molecular flexibility index (Phi) is 3.85. The molecule has 0 atom stereocenters. The Morgan fingerprint density at radius 3 is 2.73 bits per heavy atom. The van der Waals surface area contributed by atoms with Crippen molar-refractivity contribution in [2.24, 2.45) is 0 Å². The van der Waals surface area contributed by atoms with Crippen molar-refractivity contribution in [3.05, 3.63) is 11.2 Å². The summed E-state index contributed by atoms with van der Waals surface area (Å²) < 4.78 is 25.4. The Balaban J connectivity index is 3.07. The smallest absolute Gasteiger partial charge is 0.249 e. The molecule has 82 valence electrons. The minimum Gasteiger partial charge on any atom is -0.249 e. The molecule has 1 aromatic rings. The van der Waals surface area contributed by atoms with E-state index in [1.54, 1.807) is 13.8 Å². The van der Waals surface area contributed by atoms with E-state index in [0.717, 1.165) is 16.3 Å². The summed E-state index contributed by atoms with van der Waals surface area (Å²) in [5.41, 5.74) is 0. The molecule has 0 saturated heterocycles. The predicted molar refractivity (Wildman–Crippen MR) is 60.1 cm³/mol. The Hall–Kier alpha value is -0.900. The van der Waals surface area contributed by atoms with Crippen LogP contribution in [0.4, 0.5) is 0 Å². The maximum Gasteiger partial charge on any atom is 0.255 e. The van der Waals surface area contributed by atoms with Gasteiger partial charge in [-0.15, -0.1) is 17.8 Å². The SMILES string of the molecule is C#CCN(CC)S(=O)(=O)c1cnc(C)s1. The Morgan fingerprint density at radius 2 is 2.33 bits per heavy atom. The van der Waals surface area contributed by atoms with Crippen LogP contribution in [-0.2, 0) is 10.0 Å². The number of thiazole rings is 1. The molecule has 0 radical (unpaired) electrons. The fourth-order valence-electron chi connectivity index (χ4n) is 1.06. The third-order valence-corrected chi connectivity index (χ3v) is 5.08. The molecule has 6 heteroatoms. The lowest BCUT2D eigenvalue weighted by Gasteiger charge is -2.15. The highest BCUT2D eigenvalue weighted by atomic mass is 32.2. The second-order valence-corrected chi connectivity index (χ2v) is 6.23. The lowest BCUT2D eigenvalue weighted by Crippen LogP contribution is -2.30. The number of hydrogen-bond acceptors (Lipinski definition) is 4. The third kappa shape index (κ3) is 2.56. The molecular weight excluding hydrogens is 232 g/mol. The molecule has 0 aromatic carbocycles. The molecule has 0 unspecified atom stereocenters. The van der Waals surface area contributed by atoms with Gasteiger partial charge in [0.2, 0.25) is 0 Å². The van der Waals surface area contributed by atoms with Crippen LogP contribution in [0.25, 0.3) is 0 Å². The summed E-state index contributed by atoms with van der Waals surface area (Å²) >= 11 is 1.15. The highest BCUT2D eigenvalue weighted by Gasteiger charge is 2.24. The Bertz CT molecular complexity index is 471. The highest BCUT2D eigenvalue weighted by molar-refractivity contribution is 7.91. The summed E-state index contributed by atoms with van der Waals surface area (Å²) in [5, 5.41) is 0.727. The zero-order valence-electron chi connectivity index (χ0n) is 8.60. The van der Waals surface area contributed by atoms with Crippen LogP contribution in [0, 0.1) is 19.3 Å². The van der Waals surface area contributed by atoms with Crippen molar-refractivity contribution in [1.29, 1.82) is 0 Å². The van der Waals surface area contributed by atoms with Gasteiger partial charge in [0, 0.05) is 6.54 Å². The molecule has 0 N–H and O–H groups in total.